The van der Waals surface area contributed by atoms with Gasteiger partial charge in [-0.2, -0.15) is 0 Å². The Kier molecular flexibility index (Phi) is 4.93. The summed E-state index contributed by atoms with van der Waals surface area (Å²) >= 11 is 5.69. The van der Waals surface area contributed by atoms with Crippen LogP contribution < -0.4 is 14.8 Å². The molecule has 1 heterocycles. The molecule has 6 heteroatoms. The summed E-state index contributed by atoms with van der Waals surface area (Å²) in [6.07, 6.45) is 4.72. The van der Waals surface area contributed by atoms with Gasteiger partial charge < -0.3 is 19.7 Å². The van der Waals surface area contributed by atoms with Crippen molar-refractivity contribution in [3.05, 3.63) is 53.8 Å². The van der Waals surface area contributed by atoms with E-state index in [0.29, 0.717) is 17.7 Å². The number of nitrogens with one attached hydrogen (secondary N) is 1. The number of nitrogens with zero attached hydrogens (tertiary/aromatic N) is 1. The Morgan fingerprint density at radius 3 is 2.58 bits per heavy atom. The molecule has 0 aromatic heterocycles. The van der Waals surface area contributed by atoms with Gasteiger partial charge in [-0.3, -0.25) is 0 Å². The highest BCUT2D eigenvalue weighted by atomic mass is 32.1. The molecule has 0 unspecified atom stereocenters. The normalized spacial score (nSPS) is 15.9. The molecule has 1 saturated carbocycles. The monoisotopic (exact) mass is 372 g/mol. The zero-order valence-corrected chi connectivity index (χ0v) is 15.2. The number of fused-ring (bicyclic) bond motifs is 1. The van der Waals surface area contributed by atoms with Gasteiger partial charge in [-0.25, -0.2) is 4.39 Å². The topological polar surface area (TPSA) is 33.7 Å². The highest BCUT2D eigenvalue weighted by Gasteiger charge is 2.25. The first-order chi connectivity index (χ1) is 12.7. The maximum absolute atomic E-state index is 13.1. The van der Waals surface area contributed by atoms with Crippen molar-refractivity contribution < 1.29 is 13.9 Å². The lowest BCUT2D eigenvalue weighted by Gasteiger charge is -2.32. The fourth-order valence-electron chi connectivity index (χ4n) is 3.55. The molecule has 0 radical (unpaired) electrons. The summed E-state index contributed by atoms with van der Waals surface area (Å²) in [5.74, 6) is 1.31. The van der Waals surface area contributed by atoms with Crippen LogP contribution in [0.15, 0.2) is 42.5 Å². The number of ether oxygens (including phenoxy) is 2. The first-order valence-electron chi connectivity index (χ1n) is 8.91. The van der Waals surface area contributed by atoms with Gasteiger partial charge in [-0.1, -0.05) is 18.9 Å². The van der Waals surface area contributed by atoms with Crippen LogP contribution in [0.1, 0.15) is 31.2 Å². The third-order valence-electron chi connectivity index (χ3n) is 4.91. The Morgan fingerprint density at radius 1 is 1.08 bits per heavy atom. The fraction of sp³-hybridized carbons (Fsp3) is 0.350. The summed E-state index contributed by atoms with van der Waals surface area (Å²) in [4.78, 5) is 2.24. The van der Waals surface area contributed by atoms with Crippen LogP contribution in [0.5, 0.6) is 11.5 Å². The summed E-state index contributed by atoms with van der Waals surface area (Å²) in [6, 6.07) is 12.7. The number of hydrogen-bond donors (Lipinski definition) is 1. The smallest absolute Gasteiger partial charge is 0.231 e. The average molecular weight is 372 g/mol. The Morgan fingerprint density at radius 2 is 1.81 bits per heavy atom. The number of thiocarbonyl (C=S) groups is 1. The molecule has 1 fully saturated rings. The maximum Gasteiger partial charge on any atom is 0.231 e. The second kappa shape index (κ2) is 7.50. The Balaban J connectivity index is 1.52. The van der Waals surface area contributed by atoms with E-state index in [2.05, 4.69) is 16.3 Å². The lowest BCUT2D eigenvalue weighted by atomic mass is 10.1. The summed E-state index contributed by atoms with van der Waals surface area (Å²) in [6.45, 7) is 0.976. The van der Waals surface area contributed by atoms with Crippen LogP contribution in [0.3, 0.4) is 0 Å². The first-order valence-corrected chi connectivity index (χ1v) is 9.31. The van der Waals surface area contributed by atoms with E-state index in [4.69, 9.17) is 21.7 Å². The van der Waals surface area contributed by atoms with Gasteiger partial charge >= 0.3 is 0 Å². The van der Waals surface area contributed by atoms with Crippen LogP contribution in [0, 0.1) is 5.82 Å². The molecule has 1 aliphatic carbocycles. The second-order valence-electron chi connectivity index (χ2n) is 6.69. The number of benzene rings is 2. The molecule has 2 aromatic rings. The minimum Gasteiger partial charge on any atom is -0.454 e. The average Bonchev–Trinajstić information content (AvgIpc) is 3.32. The molecule has 0 amide bonds. The minimum atomic E-state index is -0.255. The van der Waals surface area contributed by atoms with Crippen LogP contribution >= 0.6 is 12.2 Å². The number of hydrogen-bond acceptors (Lipinski definition) is 3. The van der Waals surface area contributed by atoms with Crippen molar-refractivity contribution in [3.8, 4) is 11.5 Å². The fourth-order valence-corrected chi connectivity index (χ4v) is 3.88. The SMILES string of the molecule is Fc1ccc(NC(=S)N(Cc2ccc3c(c2)OCO3)C2CCCC2)cc1. The molecule has 0 spiro atoms. The van der Waals surface area contributed by atoms with E-state index in [1.54, 1.807) is 12.1 Å². The van der Waals surface area contributed by atoms with Crippen molar-refractivity contribution in [2.24, 2.45) is 0 Å². The van der Waals surface area contributed by atoms with Crippen molar-refractivity contribution in [2.75, 3.05) is 12.1 Å². The van der Waals surface area contributed by atoms with E-state index >= 15 is 0 Å². The molecular weight excluding hydrogens is 351 g/mol. The molecule has 1 N–H and O–H groups in total. The molecule has 0 saturated heterocycles. The van der Waals surface area contributed by atoms with Crippen molar-refractivity contribution >= 4 is 23.0 Å². The van der Waals surface area contributed by atoms with Crippen LogP contribution in [-0.2, 0) is 6.54 Å². The van der Waals surface area contributed by atoms with Crippen LogP contribution in [-0.4, -0.2) is 22.8 Å². The molecule has 0 bridgehead atoms. The largest absolute Gasteiger partial charge is 0.454 e. The highest BCUT2D eigenvalue weighted by molar-refractivity contribution is 7.80. The van der Waals surface area contributed by atoms with Crippen molar-refractivity contribution in [1.82, 2.24) is 4.90 Å². The second-order valence-corrected chi connectivity index (χ2v) is 7.08. The van der Waals surface area contributed by atoms with Crippen LogP contribution in [0.2, 0.25) is 0 Å². The van der Waals surface area contributed by atoms with E-state index in [0.717, 1.165) is 35.6 Å². The van der Waals surface area contributed by atoms with Crippen LogP contribution in [0.4, 0.5) is 10.1 Å². The van der Waals surface area contributed by atoms with Gasteiger partial charge in [0.05, 0.1) is 0 Å². The Hall–Kier alpha value is -2.34. The Labute approximate surface area is 157 Å². The van der Waals surface area contributed by atoms with Crippen molar-refractivity contribution in [1.29, 1.82) is 0 Å². The molecule has 4 rings (SSSR count). The van der Waals surface area contributed by atoms with Gasteiger partial charge in [0.15, 0.2) is 16.6 Å². The zero-order valence-electron chi connectivity index (χ0n) is 14.4. The van der Waals surface area contributed by atoms with E-state index < -0.39 is 0 Å². The summed E-state index contributed by atoms with van der Waals surface area (Å²) in [5, 5.41) is 3.92. The molecule has 26 heavy (non-hydrogen) atoms. The molecule has 2 aromatic carbocycles. The third-order valence-corrected chi connectivity index (χ3v) is 5.25. The first kappa shape index (κ1) is 17.1. The van der Waals surface area contributed by atoms with E-state index in [1.165, 1.54) is 25.0 Å². The van der Waals surface area contributed by atoms with Gasteiger partial charge in [0, 0.05) is 18.3 Å². The zero-order chi connectivity index (χ0) is 17.9. The van der Waals surface area contributed by atoms with E-state index in [9.17, 15) is 4.39 Å². The van der Waals surface area contributed by atoms with Gasteiger partial charge in [-0.15, -0.1) is 0 Å². The standard InChI is InChI=1S/C20H21FN2O2S/c21-15-6-8-16(9-7-15)22-20(26)23(17-3-1-2-4-17)12-14-5-10-18-19(11-14)25-13-24-18/h5-11,17H,1-4,12-13H2,(H,22,26). The van der Waals surface area contributed by atoms with Gasteiger partial charge in [0.1, 0.15) is 5.82 Å². The number of halogens is 1. The summed E-state index contributed by atoms with van der Waals surface area (Å²) in [7, 11) is 0. The predicted octanol–water partition coefficient (Wildman–Crippen LogP) is 4.70. The summed E-state index contributed by atoms with van der Waals surface area (Å²) < 4.78 is 24.0. The van der Waals surface area contributed by atoms with Crippen LogP contribution in [0.25, 0.3) is 0 Å². The predicted molar refractivity (Wildman–Crippen MR) is 103 cm³/mol. The van der Waals surface area contributed by atoms with Gasteiger partial charge in [0.25, 0.3) is 0 Å². The molecule has 2 aliphatic rings. The van der Waals surface area contributed by atoms with Gasteiger partial charge in [-0.05, 0) is 67.0 Å². The quantitative estimate of drug-likeness (QED) is 0.787. The highest BCUT2D eigenvalue weighted by Crippen LogP contribution is 2.34. The summed E-state index contributed by atoms with van der Waals surface area (Å²) in [5.41, 5.74) is 1.93. The number of anilines is 1. The molecule has 136 valence electrons. The minimum absolute atomic E-state index is 0.255. The third kappa shape index (κ3) is 3.75. The lowest BCUT2D eigenvalue weighted by Crippen LogP contribution is -2.40. The van der Waals surface area contributed by atoms with Gasteiger partial charge in [0.2, 0.25) is 6.79 Å². The molecule has 1 aliphatic heterocycles. The van der Waals surface area contributed by atoms with Crippen molar-refractivity contribution in [3.63, 3.8) is 0 Å². The molecule has 4 nitrogen and oxygen atoms in total. The Bertz CT molecular complexity index is 791. The number of rotatable bonds is 4. The molecule has 0 atom stereocenters. The lowest BCUT2D eigenvalue weighted by molar-refractivity contribution is 0.174. The van der Waals surface area contributed by atoms with Crippen molar-refractivity contribution in [2.45, 2.75) is 38.3 Å². The van der Waals surface area contributed by atoms with E-state index in [1.807, 2.05) is 12.1 Å². The molecular formula is C20H21FN2O2S. The van der Waals surface area contributed by atoms with E-state index in [-0.39, 0.29) is 12.6 Å². The maximum atomic E-state index is 13.1.